The number of anilines is 2. The predicted octanol–water partition coefficient (Wildman–Crippen LogP) is 4.80. The van der Waals surface area contributed by atoms with Gasteiger partial charge in [-0.3, -0.25) is 9.97 Å². The third-order valence-electron chi connectivity index (χ3n) is 4.78. The van der Waals surface area contributed by atoms with Crippen LogP contribution in [0.1, 0.15) is 30.1 Å². The van der Waals surface area contributed by atoms with Crippen LogP contribution in [0.2, 0.25) is 0 Å². The molecule has 0 unspecified atom stereocenters. The number of nitrogens with two attached hydrogens (primary N) is 1. The molecule has 3 heterocycles. The molecule has 0 bridgehead atoms. The lowest BCUT2D eigenvalue weighted by Gasteiger charge is -2.18. The fraction of sp³-hybridized carbons (Fsp3) is 0.190. The highest BCUT2D eigenvalue weighted by Crippen LogP contribution is 2.36. The summed E-state index contributed by atoms with van der Waals surface area (Å²) >= 11 is 0. The van der Waals surface area contributed by atoms with Crippen LogP contribution in [0.5, 0.6) is 0 Å². The molecule has 1 atom stereocenters. The number of nitrogens with one attached hydrogen (secondary N) is 1. The van der Waals surface area contributed by atoms with Crippen LogP contribution in [0.25, 0.3) is 22.0 Å². The van der Waals surface area contributed by atoms with Gasteiger partial charge >= 0.3 is 0 Å². The molecular formula is C21H20FN5O. The van der Waals surface area contributed by atoms with E-state index in [4.69, 9.17) is 10.3 Å². The van der Waals surface area contributed by atoms with Crippen molar-refractivity contribution >= 4 is 22.3 Å². The second-order valence-electron chi connectivity index (χ2n) is 6.76. The van der Waals surface area contributed by atoms with Gasteiger partial charge in [-0.1, -0.05) is 11.2 Å². The number of rotatable bonds is 4. The molecule has 0 amide bonds. The number of pyridine rings is 2. The van der Waals surface area contributed by atoms with Crippen LogP contribution in [0.4, 0.5) is 15.8 Å². The Morgan fingerprint density at radius 1 is 1.18 bits per heavy atom. The SMILES string of the molecule is Cc1noc(C)c1-c1cc2ncc(N)c(N[C@H](C)c3ccccn3)c2cc1F. The highest BCUT2D eigenvalue weighted by Gasteiger charge is 2.19. The van der Waals surface area contributed by atoms with E-state index >= 15 is 4.39 Å². The second kappa shape index (κ2) is 6.92. The van der Waals surface area contributed by atoms with Crippen molar-refractivity contribution in [2.75, 3.05) is 11.1 Å². The molecule has 7 heteroatoms. The lowest BCUT2D eigenvalue weighted by molar-refractivity contribution is 0.393. The van der Waals surface area contributed by atoms with Gasteiger partial charge in [0.25, 0.3) is 0 Å². The van der Waals surface area contributed by atoms with E-state index in [0.717, 1.165) is 5.69 Å². The zero-order chi connectivity index (χ0) is 19.8. The van der Waals surface area contributed by atoms with Gasteiger partial charge in [-0.25, -0.2) is 4.39 Å². The molecule has 0 saturated heterocycles. The van der Waals surface area contributed by atoms with Crippen molar-refractivity contribution in [2.45, 2.75) is 26.8 Å². The molecule has 0 aliphatic heterocycles. The minimum atomic E-state index is -0.386. The van der Waals surface area contributed by atoms with E-state index in [0.29, 0.717) is 44.9 Å². The summed E-state index contributed by atoms with van der Waals surface area (Å²) in [6.07, 6.45) is 3.31. The first-order valence-electron chi connectivity index (χ1n) is 8.94. The van der Waals surface area contributed by atoms with Crippen LogP contribution < -0.4 is 11.1 Å². The van der Waals surface area contributed by atoms with Gasteiger partial charge in [-0.2, -0.15) is 0 Å². The second-order valence-corrected chi connectivity index (χ2v) is 6.76. The van der Waals surface area contributed by atoms with E-state index in [2.05, 4.69) is 20.4 Å². The number of hydrogen-bond acceptors (Lipinski definition) is 6. The minimum absolute atomic E-state index is 0.112. The first kappa shape index (κ1) is 17.9. The standard InChI is InChI=1S/C21H20FN5O/c1-11(18-6-4-5-7-24-18)26-21-15-8-16(22)14(9-19(15)25-10-17(21)23)20-12(2)27-28-13(20)3/h4-11H,23H2,1-3H3,(H,25,26)/t11-/m1/s1. The summed E-state index contributed by atoms with van der Waals surface area (Å²) in [5.74, 6) is 0.177. The predicted molar refractivity (Wildman–Crippen MR) is 107 cm³/mol. The van der Waals surface area contributed by atoms with Crippen molar-refractivity contribution < 1.29 is 8.91 Å². The van der Waals surface area contributed by atoms with Gasteiger partial charge in [-0.15, -0.1) is 0 Å². The Labute approximate surface area is 161 Å². The number of nitrogens with zero attached hydrogens (tertiary/aromatic N) is 3. The minimum Gasteiger partial charge on any atom is -0.396 e. The normalized spacial score (nSPS) is 12.3. The highest BCUT2D eigenvalue weighted by atomic mass is 19.1. The molecule has 0 saturated carbocycles. The van der Waals surface area contributed by atoms with Gasteiger partial charge in [0, 0.05) is 17.1 Å². The van der Waals surface area contributed by atoms with Gasteiger partial charge in [0.1, 0.15) is 11.6 Å². The summed E-state index contributed by atoms with van der Waals surface area (Å²) in [5, 5.41) is 7.87. The summed E-state index contributed by atoms with van der Waals surface area (Å²) in [6, 6.07) is 8.75. The van der Waals surface area contributed by atoms with Crippen molar-refractivity contribution in [1.82, 2.24) is 15.1 Å². The third kappa shape index (κ3) is 3.05. The van der Waals surface area contributed by atoms with Crippen LogP contribution in [0.15, 0.2) is 47.2 Å². The lowest BCUT2D eigenvalue weighted by atomic mass is 10.0. The van der Waals surface area contributed by atoms with E-state index < -0.39 is 0 Å². The van der Waals surface area contributed by atoms with E-state index in [1.54, 1.807) is 32.3 Å². The topological polar surface area (TPSA) is 89.9 Å². The number of halogens is 1. The Bertz CT molecular complexity index is 1140. The molecule has 0 aliphatic rings. The maximum absolute atomic E-state index is 15.0. The van der Waals surface area contributed by atoms with Gasteiger partial charge < -0.3 is 15.6 Å². The van der Waals surface area contributed by atoms with Crippen molar-refractivity contribution in [2.24, 2.45) is 0 Å². The highest BCUT2D eigenvalue weighted by molar-refractivity contribution is 5.99. The van der Waals surface area contributed by atoms with Crippen LogP contribution in [-0.4, -0.2) is 15.1 Å². The summed E-state index contributed by atoms with van der Waals surface area (Å²) in [7, 11) is 0. The van der Waals surface area contributed by atoms with Crippen molar-refractivity contribution in [3.05, 3.63) is 65.7 Å². The Hall–Kier alpha value is -3.48. The molecule has 3 N–H and O–H groups in total. The van der Waals surface area contributed by atoms with E-state index in [1.165, 1.54) is 6.07 Å². The monoisotopic (exact) mass is 377 g/mol. The summed E-state index contributed by atoms with van der Waals surface area (Å²) < 4.78 is 20.2. The number of nitrogen functional groups attached to an aromatic ring is 1. The summed E-state index contributed by atoms with van der Waals surface area (Å²) in [5.41, 5.74) is 10.4. The Morgan fingerprint density at radius 2 is 2.00 bits per heavy atom. The van der Waals surface area contributed by atoms with Crippen LogP contribution in [0.3, 0.4) is 0 Å². The molecule has 3 aromatic heterocycles. The molecule has 0 spiro atoms. The summed E-state index contributed by atoms with van der Waals surface area (Å²) in [4.78, 5) is 8.75. The van der Waals surface area contributed by atoms with Gasteiger partial charge in [-0.05, 0) is 45.0 Å². The van der Waals surface area contributed by atoms with Crippen molar-refractivity contribution in [3.8, 4) is 11.1 Å². The Balaban J connectivity index is 1.82. The zero-order valence-electron chi connectivity index (χ0n) is 15.8. The smallest absolute Gasteiger partial charge is 0.141 e. The number of fused-ring (bicyclic) bond motifs is 1. The largest absolute Gasteiger partial charge is 0.396 e. The molecule has 4 aromatic rings. The van der Waals surface area contributed by atoms with Crippen LogP contribution in [-0.2, 0) is 0 Å². The van der Waals surface area contributed by atoms with Gasteiger partial charge in [0.05, 0.1) is 46.1 Å². The quantitative estimate of drug-likeness (QED) is 0.531. The maximum atomic E-state index is 15.0. The van der Waals surface area contributed by atoms with Crippen molar-refractivity contribution in [3.63, 3.8) is 0 Å². The molecule has 4 rings (SSSR count). The van der Waals surface area contributed by atoms with Gasteiger partial charge in [0.15, 0.2) is 0 Å². The van der Waals surface area contributed by atoms with Crippen LogP contribution >= 0.6 is 0 Å². The first-order chi connectivity index (χ1) is 13.5. The molecular weight excluding hydrogens is 357 g/mol. The lowest BCUT2D eigenvalue weighted by Crippen LogP contribution is -2.10. The molecule has 0 aliphatic carbocycles. The molecule has 6 nitrogen and oxygen atoms in total. The van der Waals surface area contributed by atoms with E-state index in [-0.39, 0.29) is 11.9 Å². The average Bonchev–Trinajstić information content (AvgIpc) is 3.03. The summed E-state index contributed by atoms with van der Waals surface area (Å²) in [6.45, 7) is 5.52. The number of hydrogen-bond donors (Lipinski definition) is 2. The average molecular weight is 377 g/mol. The number of aryl methyl sites for hydroxylation is 2. The number of benzene rings is 1. The Kier molecular flexibility index (Phi) is 4.43. The van der Waals surface area contributed by atoms with E-state index in [1.807, 2.05) is 25.1 Å². The third-order valence-corrected chi connectivity index (χ3v) is 4.78. The van der Waals surface area contributed by atoms with Crippen molar-refractivity contribution in [1.29, 1.82) is 0 Å². The Morgan fingerprint density at radius 3 is 2.68 bits per heavy atom. The number of aromatic nitrogens is 3. The fourth-order valence-corrected chi connectivity index (χ4v) is 3.37. The molecule has 142 valence electrons. The first-order valence-corrected chi connectivity index (χ1v) is 8.94. The fourth-order valence-electron chi connectivity index (χ4n) is 3.37. The maximum Gasteiger partial charge on any atom is 0.141 e. The molecule has 0 fully saturated rings. The van der Waals surface area contributed by atoms with E-state index in [9.17, 15) is 0 Å². The van der Waals surface area contributed by atoms with Gasteiger partial charge in [0.2, 0.25) is 0 Å². The molecule has 0 radical (unpaired) electrons. The molecule has 1 aromatic carbocycles. The molecule has 28 heavy (non-hydrogen) atoms. The zero-order valence-corrected chi connectivity index (χ0v) is 15.8. The van der Waals surface area contributed by atoms with Crippen LogP contribution in [0, 0.1) is 19.7 Å².